The molecule has 5 heteroatoms. The first-order valence-corrected chi connectivity index (χ1v) is 3.79. The minimum absolute atomic E-state index is 0.251. The molecule has 0 saturated carbocycles. The van der Waals surface area contributed by atoms with Gasteiger partial charge >= 0.3 is 0 Å². The van der Waals surface area contributed by atoms with E-state index in [0.717, 1.165) is 0 Å². The molecule has 0 atom stereocenters. The van der Waals surface area contributed by atoms with E-state index in [4.69, 9.17) is 17.3 Å². The number of rotatable bonds is 0. The van der Waals surface area contributed by atoms with Crippen LogP contribution < -0.4 is 5.73 Å². The van der Waals surface area contributed by atoms with Crippen molar-refractivity contribution >= 4 is 33.2 Å². The van der Waals surface area contributed by atoms with E-state index in [-0.39, 0.29) is 15.2 Å². The number of anilines is 1. The predicted molar refractivity (Wildman–Crippen MR) is 43.5 cm³/mol. The topological polar surface area (TPSA) is 26.0 Å². The highest BCUT2D eigenvalue weighted by atomic mass is 79.9. The van der Waals surface area contributed by atoms with E-state index in [0.29, 0.717) is 0 Å². The number of nitrogen functional groups attached to an aromatic ring is 1. The van der Waals surface area contributed by atoms with Gasteiger partial charge in [-0.05, 0) is 22.0 Å². The molecule has 0 aliphatic heterocycles. The first-order chi connectivity index (χ1) is 5.04. The Labute approximate surface area is 75.3 Å². The van der Waals surface area contributed by atoms with Crippen molar-refractivity contribution in [3.63, 3.8) is 0 Å². The summed E-state index contributed by atoms with van der Waals surface area (Å²) in [5.74, 6) is -2.24. The molecular formula is C6H3BrClF2N. The van der Waals surface area contributed by atoms with Crippen LogP contribution in [0.15, 0.2) is 10.5 Å². The van der Waals surface area contributed by atoms with Crippen LogP contribution in [0.2, 0.25) is 5.02 Å². The fourth-order valence-corrected chi connectivity index (χ4v) is 1.31. The summed E-state index contributed by atoms with van der Waals surface area (Å²) in [6, 6.07) is 1.20. The van der Waals surface area contributed by atoms with Crippen molar-refractivity contribution in [3.8, 4) is 0 Å². The van der Waals surface area contributed by atoms with Gasteiger partial charge in [-0.25, -0.2) is 8.78 Å². The molecule has 0 aliphatic rings. The van der Waals surface area contributed by atoms with Crippen molar-refractivity contribution in [1.82, 2.24) is 0 Å². The van der Waals surface area contributed by atoms with E-state index < -0.39 is 11.6 Å². The van der Waals surface area contributed by atoms with Gasteiger partial charge in [0.2, 0.25) is 0 Å². The lowest BCUT2D eigenvalue weighted by Crippen LogP contribution is -1.96. The summed E-state index contributed by atoms with van der Waals surface area (Å²) >= 11 is 8.21. The van der Waals surface area contributed by atoms with Crippen molar-refractivity contribution in [2.45, 2.75) is 0 Å². The number of hydrogen-bond donors (Lipinski definition) is 1. The number of hydrogen-bond acceptors (Lipinski definition) is 1. The minimum atomic E-state index is -1.12. The molecule has 0 saturated heterocycles. The third-order valence-corrected chi connectivity index (χ3v) is 2.08. The predicted octanol–water partition coefficient (Wildman–Crippen LogP) is 2.96. The van der Waals surface area contributed by atoms with Crippen LogP contribution in [0.3, 0.4) is 0 Å². The average Bonchev–Trinajstić information content (AvgIpc) is 1.97. The van der Waals surface area contributed by atoms with Crippen LogP contribution >= 0.6 is 27.5 Å². The van der Waals surface area contributed by atoms with Crippen LogP contribution in [-0.2, 0) is 0 Å². The molecular weight excluding hydrogens is 239 g/mol. The summed E-state index contributed by atoms with van der Waals surface area (Å²) in [4.78, 5) is 0. The molecule has 1 nitrogen and oxygen atoms in total. The Bertz CT molecular complexity index is 277. The van der Waals surface area contributed by atoms with Crippen molar-refractivity contribution in [2.24, 2.45) is 0 Å². The van der Waals surface area contributed by atoms with E-state index in [1.807, 2.05) is 0 Å². The molecule has 2 N–H and O–H groups in total. The van der Waals surface area contributed by atoms with Gasteiger partial charge < -0.3 is 5.73 Å². The summed E-state index contributed by atoms with van der Waals surface area (Å²) in [5.41, 5.74) is 4.86. The van der Waals surface area contributed by atoms with E-state index in [9.17, 15) is 8.78 Å². The lowest BCUT2D eigenvalue weighted by atomic mass is 10.3. The van der Waals surface area contributed by atoms with E-state index >= 15 is 0 Å². The van der Waals surface area contributed by atoms with Gasteiger partial charge in [0.25, 0.3) is 0 Å². The van der Waals surface area contributed by atoms with Gasteiger partial charge in [-0.2, -0.15) is 0 Å². The normalized spacial score (nSPS) is 10.2. The van der Waals surface area contributed by atoms with Crippen molar-refractivity contribution in [2.75, 3.05) is 5.73 Å². The van der Waals surface area contributed by atoms with Crippen molar-refractivity contribution < 1.29 is 8.78 Å². The van der Waals surface area contributed by atoms with Crippen molar-refractivity contribution in [1.29, 1.82) is 0 Å². The Morgan fingerprint density at radius 2 is 1.91 bits per heavy atom. The van der Waals surface area contributed by atoms with E-state index in [1.165, 1.54) is 6.07 Å². The Morgan fingerprint density at radius 3 is 2.45 bits per heavy atom. The molecule has 0 aliphatic carbocycles. The highest BCUT2D eigenvalue weighted by Gasteiger charge is 2.13. The quantitative estimate of drug-likeness (QED) is 0.422. The summed E-state index contributed by atoms with van der Waals surface area (Å²) in [5, 5.41) is -0.288. The van der Waals surface area contributed by atoms with Gasteiger partial charge in [-0.15, -0.1) is 0 Å². The largest absolute Gasteiger partial charge is 0.395 e. The molecule has 11 heavy (non-hydrogen) atoms. The molecule has 1 rings (SSSR count). The Balaban J connectivity index is 3.46. The number of nitrogens with two attached hydrogens (primary N) is 1. The SMILES string of the molecule is Nc1c(Br)cc(Cl)c(F)c1F. The van der Waals surface area contributed by atoms with E-state index in [1.54, 1.807) is 0 Å². The second-order valence-electron chi connectivity index (χ2n) is 1.88. The van der Waals surface area contributed by atoms with Gasteiger partial charge in [0.05, 0.1) is 10.7 Å². The minimum Gasteiger partial charge on any atom is -0.395 e. The fourth-order valence-electron chi connectivity index (χ4n) is 0.580. The van der Waals surface area contributed by atoms with Gasteiger partial charge in [0, 0.05) is 4.47 Å². The Hall–Kier alpha value is -0.350. The summed E-state index contributed by atoms with van der Waals surface area (Å²) in [6.07, 6.45) is 0. The van der Waals surface area contributed by atoms with Gasteiger partial charge in [0.1, 0.15) is 0 Å². The second-order valence-corrected chi connectivity index (χ2v) is 3.14. The van der Waals surface area contributed by atoms with Crippen LogP contribution in [-0.4, -0.2) is 0 Å². The van der Waals surface area contributed by atoms with Crippen LogP contribution in [0.4, 0.5) is 14.5 Å². The lowest BCUT2D eigenvalue weighted by molar-refractivity contribution is 0.512. The van der Waals surface area contributed by atoms with Crippen LogP contribution in [0.25, 0.3) is 0 Å². The van der Waals surface area contributed by atoms with Gasteiger partial charge in [0.15, 0.2) is 11.6 Å². The molecule has 0 fully saturated rings. The molecule has 0 radical (unpaired) electrons. The molecule has 0 heterocycles. The van der Waals surface area contributed by atoms with Crippen LogP contribution in [0.5, 0.6) is 0 Å². The third-order valence-electron chi connectivity index (χ3n) is 1.15. The molecule has 0 unspecified atom stereocenters. The van der Waals surface area contributed by atoms with Gasteiger partial charge in [-0.3, -0.25) is 0 Å². The molecule has 1 aromatic carbocycles. The summed E-state index contributed by atoms with van der Waals surface area (Å²) in [6.45, 7) is 0. The summed E-state index contributed by atoms with van der Waals surface area (Å²) < 4.78 is 25.5. The standard InChI is InChI=1S/C6H3BrClF2N/c7-2-1-3(8)4(9)5(10)6(2)11/h1H,11H2. The number of halogens is 4. The highest BCUT2D eigenvalue weighted by molar-refractivity contribution is 9.10. The first kappa shape index (κ1) is 8.74. The van der Waals surface area contributed by atoms with Gasteiger partial charge in [-0.1, -0.05) is 11.6 Å². The summed E-state index contributed by atoms with van der Waals surface area (Å²) in [7, 11) is 0. The van der Waals surface area contributed by atoms with Crippen LogP contribution in [0, 0.1) is 11.6 Å². The maximum Gasteiger partial charge on any atom is 0.184 e. The molecule has 60 valence electrons. The van der Waals surface area contributed by atoms with Crippen LogP contribution in [0.1, 0.15) is 0 Å². The zero-order valence-electron chi connectivity index (χ0n) is 5.17. The molecule has 1 aromatic rings. The Morgan fingerprint density at radius 1 is 1.36 bits per heavy atom. The maximum absolute atomic E-state index is 12.6. The van der Waals surface area contributed by atoms with Crippen molar-refractivity contribution in [3.05, 3.63) is 27.2 Å². The van der Waals surface area contributed by atoms with E-state index in [2.05, 4.69) is 15.9 Å². The maximum atomic E-state index is 12.6. The second kappa shape index (κ2) is 2.95. The molecule has 0 spiro atoms. The average molecular weight is 242 g/mol. The fraction of sp³-hybridized carbons (Fsp3) is 0. The number of benzene rings is 1. The molecule has 0 amide bonds. The highest BCUT2D eigenvalue weighted by Crippen LogP contribution is 2.29. The molecule has 0 bridgehead atoms. The first-order valence-electron chi connectivity index (χ1n) is 2.62. The third kappa shape index (κ3) is 1.46. The smallest absolute Gasteiger partial charge is 0.184 e. The Kier molecular flexibility index (Phi) is 2.34. The zero-order valence-corrected chi connectivity index (χ0v) is 7.51. The molecule has 0 aromatic heterocycles. The monoisotopic (exact) mass is 241 g/mol. The zero-order chi connectivity index (χ0) is 8.59. The lowest BCUT2D eigenvalue weighted by Gasteiger charge is -2.01.